The molecule has 0 aliphatic rings. The summed E-state index contributed by atoms with van der Waals surface area (Å²) in [6, 6.07) is 7.08. The summed E-state index contributed by atoms with van der Waals surface area (Å²) in [4.78, 5) is 0. The fourth-order valence-electron chi connectivity index (χ4n) is 1.33. The molecule has 0 fully saturated rings. The van der Waals surface area contributed by atoms with Crippen molar-refractivity contribution in [1.82, 2.24) is 0 Å². The van der Waals surface area contributed by atoms with E-state index in [1.54, 1.807) is 25.3 Å². The van der Waals surface area contributed by atoms with Crippen molar-refractivity contribution in [3.8, 4) is 5.75 Å². The van der Waals surface area contributed by atoms with Gasteiger partial charge in [0.05, 0.1) is 12.5 Å². The van der Waals surface area contributed by atoms with Crippen molar-refractivity contribution in [1.29, 1.82) is 0 Å². The van der Waals surface area contributed by atoms with Crippen LogP contribution in [-0.2, 0) is 0 Å². The first-order chi connectivity index (χ1) is 6.72. The molecule has 4 heteroatoms. The molecule has 0 aliphatic heterocycles. The van der Waals surface area contributed by atoms with Crippen LogP contribution in [0.4, 0.5) is 0 Å². The summed E-state index contributed by atoms with van der Waals surface area (Å²) in [6.07, 6.45) is 1.38. The number of hydrogen-bond donors (Lipinski definition) is 0. The van der Waals surface area contributed by atoms with Crippen molar-refractivity contribution in [2.45, 2.75) is 0 Å². The van der Waals surface area contributed by atoms with Gasteiger partial charge < -0.3 is 9.94 Å². The van der Waals surface area contributed by atoms with Crippen LogP contribution in [0.3, 0.4) is 0 Å². The Bertz CT molecular complexity index is 485. The highest BCUT2D eigenvalue weighted by molar-refractivity contribution is 6.33. The number of aromatic nitrogens is 1. The summed E-state index contributed by atoms with van der Waals surface area (Å²) >= 11 is 5.83. The molecular formula is C10H8ClNO2. The first kappa shape index (κ1) is 9.09. The average molecular weight is 210 g/mol. The summed E-state index contributed by atoms with van der Waals surface area (Å²) in [5.41, 5.74) is 0. The predicted octanol–water partition coefficient (Wildman–Crippen LogP) is 2.14. The van der Waals surface area contributed by atoms with E-state index in [9.17, 15) is 5.21 Å². The van der Waals surface area contributed by atoms with Crippen LogP contribution in [0.2, 0.25) is 5.15 Å². The van der Waals surface area contributed by atoms with Gasteiger partial charge in [0, 0.05) is 6.07 Å². The standard InChI is InChI=1S/C10H8ClNO2/c1-14-8-2-3-9-7(6-8)4-5-12(13)10(9)11/h2-6H,1H3. The summed E-state index contributed by atoms with van der Waals surface area (Å²) in [5, 5.41) is 12.9. The molecule has 2 rings (SSSR count). The number of halogens is 1. The number of pyridine rings is 1. The van der Waals surface area contributed by atoms with Crippen LogP contribution in [0.15, 0.2) is 30.5 Å². The van der Waals surface area contributed by atoms with Crippen LogP contribution in [0.1, 0.15) is 0 Å². The summed E-state index contributed by atoms with van der Waals surface area (Å²) in [6.45, 7) is 0. The van der Waals surface area contributed by atoms with Crippen molar-refractivity contribution in [3.05, 3.63) is 40.8 Å². The molecule has 2 aromatic rings. The SMILES string of the molecule is COc1ccc2c(Cl)[n+]([O-])ccc2c1. The topological polar surface area (TPSA) is 36.2 Å². The van der Waals surface area contributed by atoms with Crippen molar-refractivity contribution in [2.24, 2.45) is 0 Å². The number of hydrogen-bond acceptors (Lipinski definition) is 2. The molecule has 0 unspecified atom stereocenters. The largest absolute Gasteiger partial charge is 0.618 e. The Kier molecular flexibility index (Phi) is 2.17. The van der Waals surface area contributed by atoms with E-state index in [1.165, 1.54) is 6.20 Å². The molecule has 0 amide bonds. The van der Waals surface area contributed by atoms with E-state index in [0.29, 0.717) is 4.73 Å². The van der Waals surface area contributed by atoms with E-state index >= 15 is 0 Å². The molecule has 72 valence electrons. The number of benzene rings is 1. The monoisotopic (exact) mass is 209 g/mol. The van der Waals surface area contributed by atoms with E-state index in [-0.39, 0.29) is 5.15 Å². The average Bonchev–Trinajstić information content (AvgIpc) is 2.23. The molecule has 0 saturated heterocycles. The second-order valence-corrected chi connectivity index (χ2v) is 3.24. The van der Waals surface area contributed by atoms with Gasteiger partial charge in [-0.15, -0.1) is 0 Å². The van der Waals surface area contributed by atoms with Gasteiger partial charge in [0.2, 0.25) is 0 Å². The second kappa shape index (κ2) is 3.35. The maximum Gasteiger partial charge on any atom is 0.294 e. The molecule has 0 radical (unpaired) electrons. The molecule has 0 aliphatic carbocycles. The fraction of sp³-hybridized carbons (Fsp3) is 0.100. The van der Waals surface area contributed by atoms with Gasteiger partial charge in [-0.05, 0) is 35.2 Å². The third kappa shape index (κ3) is 1.36. The van der Waals surface area contributed by atoms with Gasteiger partial charge in [0.1, 0.15) is 5.75 Å². The van der Waals surface area contributed by atoms with E-state index in [4.69, 9.17) is 16.3 Å². The van der Waals surface area contributed by atoms with Crippen molar-refractivity contribution < 1.29 is 9.47 Å². The zero-order valence-corrected chi connectivity index (χ0v) is 8.28. The van der Waals surface area contributed by atoms with Crippen molar-refractivity contribution in [3.63, 3.8) is 0 Å². The normalized spacial score (nSPS) is 10.4. The molecule has 1 heterocycles. The van der Waals surface area contributed by atoms with Crippen molar-refractivity contribution in [2.75, 3.05) is 7.11 Å². The molecule has 0 bridgehead atoms. The third-order valence-electron chi connectivity index (χ3n) is 2.06. The summed E-state index contributed by atoms with van der Waals surface area (Å²) in [7, 11) is 1.60. The lowest BCUT2D eigenvalue weighted by atomic mass is 10.2. The summed E-state index contributed by atoms with van der Waals surface area (Å²) < 4.78 is 5.70. The fourth-order valence-corrected chi connectivity index (χ4v) is 1.55. The Morgan fingerprint density at radius 2 is 2.14 bits per heavy atom. The van der Waals surface area contributed by atoms with Crippen LogP contribution < -0.4 is 9.47 Å². The number of fused-ring (bicyclic) bond motifs is 1. The lowest BCUT2D eigenvalue weighted by Gasteiger charge is -2.04. The van der Waals surface area contributed by atoms with Gasteiger partial charge in [-0.3, -0.25) is 0 Å². The van der Waals surface area contributed by atoms with Gasteiger partial charge >= 0.3 is 0 Å². The summed E-state index contributed by atoms with van der Waals surface area (Å²) in [5.74, 6) is 0.747. The van der Waals surface area contributed by atoms with Gasteiger partial charge in [-0.1, -0.05) is 0 Å². The van der Waals surface area contributed by atoms with Crippen LogP contribution in [0, 0.1) is 5.21 Å². The molecule has 0 atom stereocenters. The molecule has 0 spiro atoms. The Morgan fingerprint density at radius 1 is 1.36 bits per heavy atom. The Labute approximate surface area is 86.1 Å². The molecule has 3 nitrogen and oxygen atoms in total. The quantitative estimate of drug-likeness (QED) is 0.410. The zero-order chi connectivity index (χ0) is 10.1. The second-order valence-electron chi connectivity index (χ2n) is 2.89. The highest BCUT2D eigenvalue weighted by Crippen LogP contribution is 2.23. The molecule has 14 heavy (non-hydrogen) atoms. The molecule has 1 aromatic heterocycles. The number of ether oxygens (including phenoxy) is 1. The lowest BCUT2D eigenvalue weighted by Crippen LogP contribution is -2.26. The van der Waals surface area contributed by atoms with E-state index in [0.717, 1.165) is 16.5 Å². The molecular weight excluding hydrogens is 202 g/mol. The number of methoxy groups -OCH3 is 1. The smallest absolute Gasteiger partial charge is 0.294 e. The van der Waals surface area contributed by atoms with E-state index in [2.05, 4.69) is 0 Å². The molecule has 0 N–H and O–H groups in total. The minimum absolute atomic E-state index is 0.185. The van der Waals surface area contributed by atoms with Gasteiger partial charge in [-0.2, -0.15) is 4.73 Å². The van der Waals surface area contributed by atoms with Crippen molar-refractivity contribution >= 4 is 22.4 Å². The van der Waals surface area contributed by atoms with Gasteiger partial charge in [0.15, 0.2) is 6.20 Å². The molecule has 0 saturated carbocycles. The minimum Gasteiger partial charge on any atom is -0.618 e. The van der Waals surface area contributed by atoms with Gasteiger partial charge in [0.25, 0.3) is 5.15 Å². The molecule has 1 aromatic carbocycles. The highest BCUT2D eigenvalue weighted by Gasteiger charge is 2.08. The Balaban J connectivity index is 2.74. The Morgan fingerprint density at radius 3 is 2.86 bits per heavy atom. The first-order valence-electron chi connectivity index (χ1n) is 4.08. The van der Waals surface area contributed by atoms with E-state index < -0.39 is 0 Å². The van der Waals surface area contributed by atoms with Crippen LogP contribution >= 0.6 is 11.6 Å². The van der Waals surface area contributed by atoms with Gasteiger partial charge in [-0.25, -0.2) is 0 Å². The zero-order valence-electron chi connectivity index (χ0n) is 7.53. The van der Waals surface area contributed by atoms with Crippen LogP contribution in [0.25, 0.3) is 10.8 Å². The van der Waals surface area contributed by atoms with E-state index in [1.807, 2.05) is 6.07 Å². The predicted molar refractivity (Wildman–Crippen MR) is 54.5 cm³/mol. The first-order valence-corrected chi connectivity index (χ1v) is 4.45. The maximum absolute atomic E-state index is 11.1. The highest BCUT2D eigenvalue weighted by atomic mass is 35.5. The third-order valence-corrected chi connectivity index (χ3v) is 2.43. The van der Waals surface area contributed by atoms with Crippen LogP contribution in [-0.4, -0.2) is 7.11 Å². The maximum atomic E-state index is 11.1. The number of nitrogens with zero attached hydrogens (tertiary/aromatic N) is 1. The lowest BCUT2D eigenvalue weighted by molar-refractivity contribution is -0.601. The minimum atomic E-state index is 0.185. The Hall–Kier alpha value is -1.48. The van der Waals surface area contributed by atoms with Crippen LogP contribution in [0.5, 0.6) is 5.75 Å². The number of rotatable bonds is 1.